The number of methoxy groups -OCH3 is 1. The molecule has 3 rings (SSSR count). The number of rotatable bonds is 3. The fourth-order valence-corrected chi connectivity index (χ4v) is 4.00. The lowest BCUT2D eigenvalue weighted by molar-refractivity contribution is 0.101. The van der Waals surface area contributed by atoms with Gasteiger partial charge in [0.15, 0.2) is 0 Å². The second-order valence-electron chi connectivity index (χ2n) is 6.66. The third kappa shape index (κ3) is 2.95. The molecule has 0 spiro atoms. The minimum Gasteiger partial charge on any atom is -0.497 e. The second-order valence-corrected chi connectivity index (χ2v) is 6.66. The van der Waals surface area contributed by atoms with E-state index in [0.29, 0.717) is 12.1 Å². The van der Waals surface area contributed by atoms with Crippen molar-refractivity contribution < 1.29 is 4.74 Å². The number of ether oxygens (including phenoxy) is 1. The zero-order chi connectivity index (χ0) is 14.8. The number of likely N-dealkylation sites (tertiary alicyclic amines) is 1. The fourth-order valence-electron chi connectivity index (χ4n) is 4.00. The van der Waals surface area contributed by atoms with Crippen molar-refractivity contribution >= 4 is 0 Å². The number of nitrogens with one attached hydrogen (secondary N) is 1. The summed E-state index contributed by atoms with van der Waals surface area (Å²) in [5.41, 5.74) is 2.92. The Morgan fingerprint density at radius 2 is 1.95 bits per heavy atom. The highest BCUT2D eigenvalue weighted by atomic mass is 16.5. The Labute approximate surface area is 128 Å². The third-order valence-electron chi connectivity index (χ3n) is 5.38. The van der Waals surface area contributed by atoms with Gasteiger partial charge in [0.25, 0.3) is 0 Å². The molecule has 116 valence electrons. The van der Waals surface area contributed by atoms with Crippen molar-refractivity contribution in [1.82, 2.24) is 10.2 Å². The van der Waals surface area contributed by atoms with Crippen LogP contribution in [0.15, 0.2) is 18.2 Å². The predicted molar refractivity (Wildman–Crippen MR) is 86.9 cm³/mol. The molecule has 1 saturated heterocycles. The quantitative estimate of drug-likeness (QED) is 0.925. The number of fused-ring (bicyclic) bond motifs is 1. The summed E-state index contributed by atoms with van der Waals surface area (Å²) in [6.07, 6.45) is 5.14. The summed E-state index contributed by atoms with van der Waals surface area (Å²) >= 11 is 0. The van der Waals surface area contributed by atoms with E-state index in [1.54, 1.807) is 7.11 Å². The summed E-state index contributed by atoms with van der Waals surface area (Å²) in [5, 5.41) is 3.57. The lowest BCUT2D eigenvalue weighted by Crippen LogP contribution is -2.49. The van der Waals surface area contributed by atoms with Crippen LogP contribution in [0, 0.1) is 5.92 Å². The minimum atomic E-state index is 0.428. The van der Waals surface area contributed by atoms with Crippen molar-refractivity contribution in [3.05, 3.63) is 29.3 Å². The van der Waals surface area contributed by atoms with Gasteiger partial charge in [-0.25, -0.2) is 0 Å². The summed E-state index contributed by atoms with van der Waals surface area (Å²) < 4.78 is 5.43. The van der Waals surface area contributed by atoms with E-state index in [2.05, 4.69) is 42.4 Å². The first kappa shape index (κ1) is 14.9. The van der Waals surface area contributed by atoms with E-state index in [9.17, 15) is 0 Å². The Morgan fingerprint density at radius 1 is 1.19 bits per heavy atom. The van der Waals surface area contributed by atoms with Crippen LogP contribution in [0.4, 0.5) is 0 Å². The van der Waals surface area contributed by atoms with Crippen LogP contribution in [0.2, 0.25) is 0 Å². The van der Waals surface area contributed by atoms with Gasteiger partial charge in [-0.3, -0.25) is 4.90 Å². The molecule has 0 saturated carbocycles. The monoisotopic (exact) mass is 288 g/mol. The van der Waals surface area contributed by atoms with E-state index in [4.69, 9.17) is 4.74 Å². The maximum atomic E-state index is 5.43. The van der Waals surface area contributed by atoms with Crippen LogP contribution in [0.1, 0.15) is 43.4 Å². The van der Waals surface area contributed by atoms with Crippen LogP contribution >= 0.6 is 0 Å². The van der Waals surface area contributed by atoms with Crippen molar-refractivity contribution in [2.45, 2.75) is 44.7 Å². The number of nitrogens with zero attached hydrogens (tertiary/aromatic N) is 1. The molecule has 0 amide bonds. The summed E-state index contributed by atoms with van der Waals surface area (Å²) in [6, 6.07) is 7.62. The number of hydrogen-bond acceptors (Lipinski definition) is 3. The average molecular weight is 288 g/mol. The molecule has 1 fully saturated rings. The maximum Gasteiger partial charge on any atom is 0.119 e. The van der Waals surface area contributed by atoms with Gasteiger partial charge in [0.05, 0.1) is 7.11 Å². The molecule has 1 heterocycles. The molecule has 1 aromatic rings. The Hall–Kier alpha value is -1.06. The van der Waals surface area contributed by atoms with Crippen LogP contribution < -0.4 is 10.1 Å². The highest BCUT2D eigenvalue weighted by Gasteiger charge is 2.34. The van der Waals surface area contributed by atoms with Gasteiger partial charge >= 0.3 is 0 Å². The van der Waals surface area contributed by atoms with Crippen molar-refractivity contribution in [2.24, 2.45) is 5.92 Å². The van der Waals surface area contributed by atoms with E-state index in [-0.39, 0.29) is 0 Å². The largest absolute Gasteiger partial charge is 0.497 e. The topological polar surface area (TPSA) is 24.5 Å². The molecule has 2 aliphatic rings. The van der Waals surface area contributed by atoms with Crippen LogP contribution in [-0.2, 0) is 6.42 Å². The maximum absolute atomic E-state index is 5.43. The Morgan fingerprint density at radius 3 is 2.62 bits per heavy atom. The lowest BCUT2D eigenvalue weighted by atomic mass is 9.82. The Balaban J connectivity index is 1.83. The van der Waals surface area contributed by atoms with E-state index in [1.165, 1.54) is 49.9 Å². The number of hydrogen-bond donors (Lipinski definition) is 1. The molecule has 2 atom stereocenters. The highest BCUT2D eigenvalue weighted by molar-refractivity contribution is 5.40. The molecular formula is C18H28N2O. The van der Waals surface area contributed by atoms with Gasteiger partial charge in [0, 0.05) is 12.1 Å². The standard InChI is InChI=1S/C18H28N2O/c1-13-8-10-20(11-9-13)17-7-5-14-4-6-15(21-3)12-16(14)18(17)19-2/h4,6,12-13,17-19H,5,7-11H2,1-3H3. The predicted octanol–water partition coefficient (Wildman–Crippen LogP) is 3.00. The van der Waals surface area contributed by atoms with Crippen LogP contribution in [-0.4, -0.2) is 38.2 Å². The van der Waals surface area contributed by atoms with Crippen molar-refractivity contribution in [2.75, 3.05) is 27.2 Å². The average Bonchev–Trinajstić information content (AvgIpc) is 2.54. The number of benzene rings is 1. The first-order valence-electron chi connectivity index (χ1n) is 8.31. The molecule has 1 aliphatic heterocycles. The van der Waals surface area contributed by atoms with E-state index >= 15 is 0 Å². The number of likely N-dealkylation sites (N-methyl/N-ethyl adjacent to an activating group) is 1. The van der Waals surface area contributed by atoms with E-state index < -0.39 is 0 Å². The summed E-state index contributed by atoms with van der Waals surface area (Å²) in [7, 11) is 3.85. The van der Waals surface area contributed by atoms with Gasteiger partial charge in [-0.15, -0.1) is 0 Å². The highest BCUT2D eigenvalue weighted by Crippen LogP contribution is 2.36. The van der Waals surface area contributed by atoms with Crippen molar-refractivity contribution in [3.8, 4) is 5.75 Å². The van der Waals surface area contributed by atoms with Gasteiger partial charge in [0.2, 0.25) is 0 Å². The number of piperidine rings is 1. The molecular weight excluding hydrogens is 260 g/mol. The molecule has 3 nitrogen and oxygen atoms in total. The van der Waals surface area contributed by atoms with Gasteiger partial charge in [-0.1, -0.05) is 13.0 Å². The fraction of sp³-hybridized carbons (Fsp3) is 0.667. The SMILES string of the molecule is CNC1c2cc(OC)ccc2CCC1N1CCC(C)CC1. The van der Waals surface area contributed by atoms with Crippen molar-refractivity contribution in [1.29, 1.82) is 0 Å². The zero-order valence-corrected chi connectivity index (χ0v) is 13.6. The third-order valence-corrected chi connectivity index (χ3v) is 5.38. The molecule has 0 radical (unpaired) electrons. The first-order valence-corrected chi connectivity index (χ1v) is 8.31. The van der Waals surface area contributed by atoms with Crippen LogP contribution in [0.25, 0.3) is 0 Å². The molecule has 21 heavy (non-hydrogen) atoms. The van der Waals surface area contributed by atoms with E-state index in [1.807, 2.05) is 0 Å². The summed E-state index contributed by atoms with van der Waals surface area (Å²) in [6.45, 7) is 4.89. The van der Waals surface area contributed by atoms with Gasteiger partial charge in [-0.2, -0.15) is 0 Å². The lowest BCUT2D eigenvalue weighted by Gasteiger charge is -2.43. The van der Waals surface area contributed by atoms with Gasteiger partial charge < -0.3 is 10.1 Å². The molecule has 2 unspecified atom stereocenters. The van der Waals surface area contributed by atoms with Crippen LogP contribution in [0.5, 0.6) is 5.75 Å². The minimum absolute atomic E-state index is 0.428. The van der Waals surface area contributed by atoms with E-state index in [0.717, 1.165) is 11.7 Å². The smallest absolute Gasteiger partial charge is 0.119 e. The Bertz CT molecular complexity index is 480. The zero-order valence-electron chi connectivity index (χ0n) is 13.6. The Kier molecular flexibility index (Phi) is 4.51. The van der Waals surface area contributed by atoms with Gasteiger partial charge in [-0.05, 0) is 75.0 Å². The normalized spacial score (nSPS) is 27.4. The second kappa shape index (κ2) is 6.37. The molecule has 1 aromatic carbocycles. The molecule has 1 N–H and O–H groups in total. The summed E-state index contributed by atoms with van der Waals surface area (Å²) in [5.74, 6) is 1.87. The summed E-state index contributed by atoms with van der Waals surface area (Å²) in [4.78, 5) is 2.71. The number of aryl methyl sites for hydroxylation is 1. The van der Waals surface area contributed by atoms with Crippen LogP contribution in [0.3, 0.4) is 0 Å². The van der Waals surface area contributed by atoms with Gasteiger partial charge in [0.1, 0.15) is 5.75 Å². The molecule has 1 aliphatic carbocycles. The molecule has 3 heteroatoms. The molecule has 0 aromatic heterocycles. The first-order chi connectivity index (χ1) is 10.2. The molecule has 0 bridgehead atoms. The van der Waals surface area contributed by atoms with Crippen molar-refractivity contribution in [3.63, 3.8) is 0 Å².